The summed E-state index contributed by atoms with van der Waals surface area (Å²) in [5.41, 5.74) is -2.28. The molecule has 0 bridgehead atoms. The van der Waals surface area contributed by atoms with E-state index in [4.69, 9.17) is 0 Å². The number of alkyl halides is 6. The Morgan fingerprint density at radius 2 is 1.25 bits per heavy atom. The third-order valence-corrected chi connectivity index (χ3v) is 8.44. The molecule has 3 aromatic carbocycles. The lowest BCUT2D eigenvalue weighted by Crippen LogP contribution is -2.51. The van der Waals surface area contributed by atoms with Gasteiger partial charge in [-0.05, 0) is 61.4 Å². The Bertz CT molecular complexity index is 1360. The monoisotopic (exact) mass is 623 g/mol. The molecular formula is C32H35F6N3O3. The first kappa shape index (κ1) is 33.3. The number of nitrogens with zero attached hydrogens (tertiary/aromatic N) is 2. The number of carbonyl (C=O) groups excluding carboxylic acids is 1. The van der Waals surface area contributed by atoms with E-state index in [1.807, 2.05) is 13.8 Å². The molecule has 0 spiro atoms. The molecule has 0 atom stereocenters. The number of hydroxylamine groups is 3. The van der Waals surface area contributed by atoms with Crippen LogP contribution in [0.25, 0.3) is 0 Å². The fraction of sp³-hybridized carbons (Fsp3) is 0.406. The van der Waals surface area contributed by atoms with Crippen LogP contribution in [-0.4, -0.2) is 46.9 Å². The van der Waals surface area contributed by atoms with Crippen molar-refractivity contribution in [2.75, 3.05) is 25.5 Å². The molecule has 44 heavy (non-hydrogen) atoms. The summed E-state index contributed by atoms with van der Waals surface area (Å²) in [5.74, 6) is -0.647. The molecule has 1 aliphatic rings. The number of anilines is 1. The molecule has 1 fully saturated rings. The molecule has 238 valence electrons. The van der Waals surface area contributed by atoms with E-state index < -0.39 is 39.6 Å². The summed E-state index contributed by atoms with van der Waals surface area (Å²) < 4.78 is 78.7. The predicted octanol–water partition coefficient (Wildman–Crippen LogP) is 7.76. The van der Waals surface area contributed by atoms with Crippen LogP contribution < -0.4 is 5.32 Å². The maximum Gasteiger partial charge on any atom is 0.416 e. The lowest BCUT2D eigenvalue weighted by Gasteiger charge is -2.50. The van der Waals surface area contributed by atoms with Crippen LogP contribution in [-0.2, 0) is 24.5 Å². The van der Waals surface area contributed by atoms with Gasteiger partial charge in [-0.1, -0.05) is 36.4 Å². The number of aliphatic hydroxyl groups is 1. The molecule has 2 N–H and O–H groups in total. The number of quaternary nitrogens is 1. The first-order chi connectivity index (χ1) is 20.4. The van der Waals surface area contributed by atoms with E-state index in [1.165, 1.54) is 0 Å². The zero-order valence-electron chi connectivity index (χ0n) is 24.5. The van der Waals surface area contributed by atoms with Crippen LogP contribution in [0.2, 0.25) is 0 Å². The fourth-order valence-corrected chi connectivity index (χ4v) is 5.55. The van der Waals surface area contributed by atoms with Gasteiger partial charge in [0.15, 0.2) is 0 Å². The van der Waals surface area contributed by atoms with Crippen LogP contribution in [0.1, 0.15) is 54.5 Å². The van der Waals surface area contributed by atoms with Crippen molar-refractivity contribution in [2.45, 2.75) is 57.2 Å². The molecule has 2 amide bonds. The molecule has 6 nitrogen and oxygen atoms in total. The third-order valence-electron chi connectivity index (χ3n) is 8.44. The van der Waals surface area contributed by atoms with E-state index in [0.29, 0.717) is 5.69 Å². The van der Waals surface area contributed by atoms with Gasteiger partial charge in [-0.2, -0.15) is 26.3 Å². The molecule has 0 saturated carbocycles. The van der Waals surface area contributed by atoms with Crippen LogP contribution in [0.3, 0.4) is 0 Å². The van der Waals surface area contributed by atoms with Crippen molar-refractivity contribution in [3.8, 4) is 0 Å². The van der Waals surface area contributed by atoms with Crippen molar-refractivity contribution >= 4 is 11.7 Å². The summed E-state index contributed by atoms with van der Waals surface area (Å²) in [6, 6.07) is 14.5. The predicted molar refractivity (Wildman–Crippen MR) is 154 cm³/mol. The highest BCUT2D eigenvalue weighted by molar-refractivity contribution is 5.89. The number of likely N-dealkylation sites (tertiary alicyclic amines) is 1. The number of hydrogen-bond donors (Lipinski definition) is 2. The largest absolute Gasteiger partial charge is 0.633 e. The van der Waals surface area contributed by atoms with Gasteiger partial charge in [0.25, 0.3) is 0 Å². The Labute approximate surface area is 252 Å². The molecule has 1 aliphatic heterocycles. The second-order valence-corrected chi connectivity index (χ2v) is 11.7. The van der Waals surface area contributed by atoms with E-state index in [0.717, 1.165) is 54.1 Å². The minimum absolute atomic E-state index is 0.0122. The van der Waals surface area contributed by atoms with E-state index in [2.05, 4.69) is 5.32 Å². The second kappa shape index (κ2) is 12.4. The second-order valence-electron chi connectivity index (χ2n) is 11.7. The van der Waals surface area contributed by atoms with Gasteiger partial charge < -0.3 is 25.2 Å². The van der Waals surface area contributed by atoms with Crippen LogP contribution in [0.4, 0.5) is 36.8 Å². The highest BCUT2D eigenvalue weighted by Crippen LogP contribution is 2.45. The molecule has 0 unspecified atom stereocenters. The lowest BCUT2D eigenvalue weighted by molar-refractivity contribution is -0.900. The maximum absolute atomic E-state index is 13.7. The molecule has 12 heteroatoms. The van der Waals surface area contributed by atoms with Crippen molar-refractivity contribution in [1.29, 1.82) is 0 Å². The standard InChI is InChI=1S/C32H35F6N3O3/c1-21(2)40(3)29(42)39-28-14-4-22(5-15-28)20-41(44)18-16-25(17-19-41)30(43,23-6-10-26(11-7-23)31(33,34)35)24-8-12-27(13-9-24)32(36,37)38/h4-15,21,25,43H,16-20H2,1-3H3,(H,39,42). The summed E-state index contributed by atoms with van der Waals surface area (Å²) in [6.45, 7) is 4.04. The minimum atomic E-state index is -4.61. The molecule has 1 saturated heterocycles. The van der Waals surface area contributed by atoms with Crippen LogP contribution in [0.15, 0.2) is 72.8 Å². The first-order valence-electron chi connectivity index (χ1n) is 14.2. The zero-order valence-corrected chi connectivity index (χ0v) is 24.5. The first-order valence-corrected chi connectivity index (χ1v) is 14.2. The lowest BCUT2D eigenvalue weighted by atomic mass is 9.71. The van der Waals surface area contributed by atoms with Crippen molar-refractivity contribution in [3.63, 3.8) is 0 Å². The van der Waals surface area contributed by atoms with E-state index in [-0.39, 0.29) is 55.7 Å². The van der Waals surface area contributed by atoms with Gasteiger partial charge in [0.1, 0.15) is 12.1 Å². The molecular weight excluding hydrogens is 588 g/mol. The summed E-state index contributed by atoms with van der Waals surface area (Å²) in [6.07, 6.45) is -8.86. The van der Waals surface area contributed by atoms with Gasteiger partial charge in [0.2, 0.25) is 0 Å². The molecule has 4 rings (SSSR count). The van der Waals surface area contributed by atoms with Gasteiger partial charge in [-0.3, -0.25) is 0 Å². The van der Waals surface area contributed by atoms with Gasteiger partial charge in [-0.25, -0.2) is 4.79 Å². The van der Waals surface area contributed by atoms with Gasteiger partial charge in [0, 0.05) is 43.1 Å². The summed E-state index contributed by atoms with van der Waals surface area (Å²) in [4.78, 5) is 13.8. The van der Waals surface area contributed by atoms with Crippen LogP contribution in [0, 0.1) is 11.1 Å². The molecule has 1 heterocycles. The number of rotatable bonds is 7. The maximum atomic E-state index is 13.7. The van der Waals surface area contributed by atoms with E-state index in [1.54, 1.807) is 36.2 Å². The van der Waals surface area contributed by atoms with Crippen LogP contribution >= 0.6 is 0 Å². The average molecular weight is 624 g/mol. The highest BCUT2D eigenvalue weighted by Gasteiger charge is 2.45. The number of amides is 2. The van der Waals surface area contributed by atoms with Crippen molar-refractivity contribution < 1.29 is 40.9 Å². The number of carbonyl (C=O) groups is 1. The summed E-state index contributed by atoms with van der Waals surface area (Å²) in [5, 5.41) is 28.6. The molecule has 3 aromatic rings. The molecule has 0 radical (unpaired) electrons. The Hall–Kier alpha value is -3.61. The number of urea groups is 1. The Kier molecular flexibility index (Phi) is 9.39. The Morgan fingerprint density at radius 1 is 0.841 bits per heavy atom. The van der Waals surface area contributed by atoms with Crippen LogP contribution in [0.5, 0.6) is 0 Å². The number of nitrogens with one attached hydrogen (secondary N) is 1. The van der Waals surface area contributed by atoms with E-state index in [9.17, 15) is 41.5 Å². The summed E-state index contributed by atoms with van der Waals surface area (Å²) in [7, 11) is 1.68. The third kappa shape index (κ3) is 7.36. The number of halogens is 6. The van der Waals surface area contributed by atoms with Gasteiger partial charge in [-0.15, -0.1) is 0 Å². The normalized spacial score (nSPS) is 19.6. The Morgan fingerprint density at radius 3 is 1.64 bits per heavy atom. The molecule has 0 aliphatic carbocycles. The number of hydrogen-bond acceptors (Lipinski definition) is 3. The van der Waals surface area contributed by atoms with Crippen molar-refractivity contribution in [2.24, 2.45) is 5.92 Å². The average Bonchev–Trinajstić information content (AvgIpc) is 2.97. The Balaban J connectivity index is 1.53. The zero-order chi connectivity index (χ0) is 32.5. The fourth-order valence-electron chi connectivity index (χ4n) is 5.55. The molecule has 0 aromatic heterocycles. The topological polar surface area (TPSA) is 75.6 Å². The quantitative estimate of drug-likeness (QED) is 0.161. The van der Waals surface area contributed by atoms with Crippen molar-refractivity contribution in [3.05, 3.63) is 106 Å². The van der Waals surface area contributed by atoms with Gasteiger partial charge in [0.05, 0.1) is 24.2 Å². The van der Waals surface area contributed by atoms with E-state index >= 15 is 0 Å². The SMILES string of the molecule is CC(C)N(C)C(=O)Nc1ccc(C[N+]2([O-])CCC(C(O)(c3ccc(C(F)(F)F)cc3)c3ccc(C(F)(F)F)cc3)CC2)cc1. The highest BCUT2D eigenvalue weighted by atomic mass is 19.4. The smallest absolute Gasteiger partial charge is 0.416 e. The summed E-state index contributed by atoms with van der Waals surface area (Å²) >= 11 is 0. The number of benzene rings is 3. The minimum Gasteiger partial charge on any atom is -0.633 e. The van der Waals surface area contributed by atoms with Gasteiger partial charge >= 0.3 is 18.4 Å². The van der Waals surface area contributed by atoms with Crippen molar-refractivity contribution in [1.82, 2.24) is 4.90 Å². The number of piperidine rings is 1.